The van der Waals surface area contributed by atoms with E-state index >= 15 is 0 Å². The van der Waals surface area contributed by atoms with Gasteiger partial charge in [-0.05, 0) is 37.8 Å². The fraction of sp³-hybridized carbons (Fsp3) is 0.667. The number of rotatable bonds is 8. The second kappa shape index (κ2) is 12.2. The number of hydrogen-bond acceptors (Lipinski definition) is 2. The molecule has 130 valence electrons. The van der Waals surface area contributed by atoms with Crippen molar-refractivity contribution in [2.24, 2.45) is 0 Å². The molecule has 0 saturated carbocycles. The van der Waals surface area contributed by atoms with Crippen LogP contribution in [0.25, 0.3) is 0 Å². The van der Waals surface area contributed by atoms with E-state index in [9.17, 15) is 0 Å². The molecule has 1 aromatic rings. The van der Waals surface area contributed by atoms with Crippen molar-refractivity contribution in [2.45, 2.75) is 78.6 Å². The van der Waals surface area contributed by atoms with Crippen molar-refractivity contribution in [3.8, 4) is 0 Å². The first-order valence-corrected chi connectivity index (χ1v) is 7.96. The summed E-state index contributed by atoms with van der Waals surface area (Å²) in [6, 6.07) is 11.3. The molecule has 2 nitrogen and oxygen atoms in total. The lowest BCUT2D eigenvalue weighted by molar-refractivity contribution is 0.485. The fourth-order valence-electron chi connectivity index (χ4n) is 2.77. The second-order valence-corrected chi connectivity index (χ2v) is 6.67. The highest BCUT2D eigenvalue weighted by atomic mass is 35.5. The minimum atomic E-state index is 0. The predicted octanol–water partition coefficient (Wildman–Crippen LogP) is 4.39. The molecule has 1 rings (SSSR count). The summed E-state index contributed by atoms with van der Waals surface area (Å²) in [7, 11) is 0. The lowest BCUT2D eigenvalue weighted by atomic mass is 10.0. The van der Waals surface area contributed by atoms with E-state index in [0.717, 1.165) is 12.8 Å². The van der Waals surface area contributed by atoms with Gasteiger partial charge >= 0.3 is 0 Å². The van der Waals surface area contributed by atoms with Gasteiger partial charge in [-0.15, -0.1) is 24.8 Å². The molecular weight excluding hydrogens is 315 g/mol. The average Bonchev–Trinajstić information content (AvgIpc) is 2.29. The molecule has 0 heterocycles. The van der Waals surface area contributed by atoms with E-state index < -0.39 is 0 Å². The van der Waals surface area contributed by atoms with Crippen LogP contribution >= 0.6 is 24.8 Å². The molecule has 2 unspecified atom stereocenters. The fourth-order valence-corrected chi connectivity index (χ4v) is 2.77. The lowest BCUT2D eigenvalue weighted by Gasteiger charge is -2.18. The Morgan fingerprint density at radius 1 is 0.636 bits per heavy atom. The maximum atomic E-state index is 3.55. The van der Waals surface area contributed by atoms with Gasteiger partial charge in [0.2, 0.25) is 0 Å². The second-order valence-electron chi connectivity index (χ2n) is 6.67. The van der Waals surface area contributed by atoms with Gasteiger partial charge < -0.3 is 10.6 Å². The molecule has 22 heavy (non-hydrogen) atoms. The van der Waals surface area contributed by atoms with E-state index in [1.54, 1.807) is 0 Å². The van der Waals surface area contributed by atoms with E-state index in [2.05, 4.69) is 76.4 Å². The average molecular weight is 349 g/mol. The van der Waals surface area contributed by atoms with Gasteiger partial charge in [-0.3, -0.25) is 0 Å². The van der Waals surface area contributed by atoms with Gasteiger partial charge in [-0.2, -0.15) is 0 Å². The first kappa shape index (κ1) is 24.0. The normalized spacial score (nSPS) is 13.5. The van der Waals surface area contributed by atoms with Gasteiger partial charge in [-0.25, -0.2) is 0 Å². The SMILES string of the molecule is CC(C)NC(C)Cc1ccc(CC(C)NC(C)C)cc1.Cl.Cl. The Kier molecular flexibility index (Phi) is 13.3. The summed E-state index contributed by atoms with van der Waals surface area (Å²) >= 11 is 0. The van der Waals surface area contributed by atoms with Crippen molar-refractivity contribution in [1.82, 2.24) is 10.6 Å². The molecule has 0 spiro atoms. The van der Waals surface area contributed by atoms with Crippen LogP contribution in [-0.4, -0.2) is 24.2 Å². The predicted molar refractivity (Wildman–Crippen MR) is 104 cm³/mol. The van der Waals surface area contributed by atoms with Crippen LogP contribution in [0.2, 0.25) is 0 Å². The minimum absolute atomic E-state index is 0. The summed E-state index contributed by atoms with van der Waals surface area (Å²) in [6.45, 7) is 13.3. The molecular formula is C18H34Cl2N2. The third-order valence-corrected chi connectivity index (χ3v) is 3.34. The Morgan fingerprint density at radius 2 is 0.909 bits per heavy atom. The van der Waals surface area contributed by atoms with Gasteiger partial charge in [0.05, 0.1) is 0 Å². The van der Waals surface area contributed by atoms with Crippen LogP contribution in [0.4, 0.5) is 0 Å². The summed E-state index contributed by atoms with van der Waals surface area (Å²) in [5.41, 5.74) is 2.83. The number of halogens is 2. The zero-order valence-corrected chi connectivity index (χ0v) is 16.5. The Bertz CT molecular complexity index is 340. The maximum Gasteiger partial charge on any atom is 0.00815 e. The van der Waals surface area contributed by atoms with Crippen LogP contribution in [-0.2, 0) is 12.8 Å². The van der Waals surface area contributed by atoms with Gasteiger partial charge in [0.1, 0.15) is 0 Å². The number of hydrogen-bond donors (Lipinski definition) is 2. The van der Waals surface area contributed by atoms with Gasteiger partial charge in [-0.1, -0.05) is 52.0 Å². The summed E-state index contributed by atoms with van der Waals surface area (Å²) in [5.74, 6) is 0. The molecule has 0 aliphatic rings. The standard InChI is InChI=1S/C18H32N2.2ClH/c1-13(2)19-15(5)11-17-7-9-18(10-8-17)12-16(6)20-14(3)4;;/h7-10,13-16,19-20H,11-12H2,1-6H3;2*1H. The van der Waals surface area contributed by atoms with Crippen molar-refractivity contribution in [2.75, 3.05) is 0 Å². The quantitative estimate of drug-likeness (QED) is 0.727. The zero-order valence-electron chi connectivity index (χ0n) is 14.8. The topological polar surface area (TPSA) is 24.1 Å². The van der Waals surface area contributed by atoms with E-state index in [-0.39, 0.29) is 24.8 Å². The van der Waals surface area contributed by atoms with Crippen LogP contribution < -0.4 is 10.6 Å². The van der Waals surface area contributed by atoms with Crippen LogP contribution in [0, 0.1) is 0 Å². The molecule has 0 saturated heterocycles. The Hall–Kier alpha value is -0.280. The molecule has 0 aliphatic carbocycles. The summed E-state index contributed by atoms with van der Waals surface area (Å²) in [5, 5.41) is 7.10. The van der Waals surface area contributed by atoms with Crippen molar-refractivity contribution < 1.29 is 0 Å². The monoisotopic (exact) mass is 348 g/mol. The first-order chi connectivity index (χ1) is 9.36. The molecule has 0 aliphatic heterocycles. The Labute approximate surface area is 149 Å². The van der Waals surface area contributed by atoms with Crippen LogP contribution in [0.5, 0.6) is 0 Å². The molecule has 0 fully saturated rings. The van der Waals surface area contributed by atoms with Crippen molar-refractivity contribution in [3.63, 3.8) is 0 Å². The minimum Gasteiger partial charge on any atom is -0.312 e. The molecule has 0 radical (unpaired) electrons. The number of nitrogens with one attached hydrogen (secondary N) is 2. The van der Waals surface area contributed by atoms with Gasteiger partial charge in [0.15, 0.2) is 0 Å². The maximum absolute atomic E-state index is 3.55. The van der Waals surface area contributed by atoms with Crippen LogP contribution in [0.1, 0.15) is 52.7 Å². The summed E-state index contributed by atoms with van der Waals surface area (Å²) < 4.78 is 0. The first-order valence-electron chi connectivity index (χ1n) is 7.96. The molecule has 2 N–H and O–H groups in total. The van der Waals surface area contributed by atoms with E-state index in [4.69, 9.17) is 0 Å². The molecule has 1 aromatic carbocycles. The molecule has 4 heteroatoms. The largest absolute Gasteiger partial charge is 0.312 e. The van der Waals surface area contributed by atoms with Gasteiger partial charge in [0.25, 0.3) is 0 Å². The van der Waals surface area contributed by atoms with Crippen LogP contribution in [0.15, 0.2) is 24.3 Å². The molecule has 0 amide bonds. The smallest absolute Gasteiger partial charge is 0.00815 e. The summed E-state index contributed by atoms with van der Waals surface area (Å²) in [4.78, 5) is 0. The van der Waals surface area contributed by atoms with Gasteiger partial charge in [0, 0.05) is 24.2 Å². The highest BCUT2D eigenvalue weighted by Gasteiger charge is 2.07. The lowest BCUT2D eigenvalue weighted by Crippen LogP contribution is -2.34. The Balaban J connectivity index is 0. The van der Waals surface area contributed by atoms with E-state index in [1.807, 2.05) is 0 Å². The molecule has 2 atom stereocenters. The number of benzene rings is 1. The van der Waals surface area contributed by atoms with Crippen molar-refractivity contribution >= 4 is 24.8 Å². The Morgan fingerprint density at radius 3 is 1.14 bits per heavy atom. The van der Waals surface area contributed by atoms with Crippen molar-refractivity contribution in [3.05, 3.63) is 35.4 Å². The third kappa shape index (κ3) is 10.4. The van der Waals surface area contributed by atoms with E-state index in [1.165, 1.54) is 11.1 Å². The van der Waals surface area contributed by atoms with Crippen molar-refractivity contribution in [1.29, 1.82) is 0 Å². The highest BCUT2D eigenvalue weighted by molar-refractivity contribution is 5.85. The third-order valence-electron chi connectivity index (χ3n) is 3.34. The van der Waals surface area contributed by atoms with Crippen LogP contribution in [0.3, 0.4) is 0 Å². The molecule has 0 aromatic heterocycles. The summed E-state index contributed by atoms with van der Waals surface area (Å²) in [6.07, 6.45) is 2.19. The zero-order chi connectivity index (χ0) is 15.1. The highest BCUT2D eigenvalue weighted by Crippen LogP contribution is 2.09. The molecule has 0 bridgehead atoms. The van der Waals surface area contributed by atoms with E-state index in [0.29, 0.717) is 24.2 Å².